The zero-order valence-electron chi connectivity index (χ0n) is 14.1. The zero-order valence-corrected chi connectivity index (χ0v) is 14.1. The van der Waals surface area contributed by atoms with E-state index in [0.717, 1.165) is 37.4 Å². The van der Waals surface area contributed by atoms with Crippen molar-refractivity contribution in [1.82, 2.24) is 15.1 Å². The first kappa shape index (κ1) is 15.8. The third-order valence-electron chi connectivity index (χ3n) is 4.97. The normalized spacial score (nSPS) is 17.3. The molecule has 3 heterocycles. The second kappa shape index (κ2) is 6.66. The fourth-order valence-electron chi connectivity index (χ4n) is 3.54. The number of aryl methyl sites for hydroxylation is 2. The van der Waals surface area contributed by atoms with E-state index in [0.29, 0.717) is 23.4 Å². The number of carbonyl (C=O) groups excluding carboxylic acids is 1. The number of hydrogen-bond acceptors (Lipinski definition) is 5. The Morgan fingerprint density at radius 3 is 2.72 bits per heavy atom. The molecule has 0 aromatic carbocycles. The van der Waals surface area contributed by atoms with E-state index in [9.17, 15) is 10.0 Å². The van der Waals surface area contributed by atoms with Crippen LogP contribution in [0.1, 0.15) is 34.5 Å². The van der Waals surface area contributed by atoms with Crippen molar-refractivity contribution >= 4 is 11.7 Å². The van der Waals surface area contributed by atoms with Crippen molar-refractivity contribution in [2.24, 2.45) is 0 Å². The Morgan fingerprint density at radius 1 is 1.12 bits per heavy atom. The number of carbonyl (C=O) groups is 1. The summed E-state index contributed by atoms with van der Waals surface area (Å²) < 4.78 is 0.659. The smallest absolute Gasteiger partial charge is 0.260 e. The molecule has 0 N–H and O–H groups in total. The molecule has 1 aliphatic heterocycles. The maximum atomic E-state index is 12.5. The maximum Gasteiger partial charge on any atom is 0.260 e. The van der Waals surface area contributed by atoms with Gasteiger partial charge >= 0.3 is 0 Å². The van der Waals surface area contributed by atoms with Crippen LogP contribution < -0.4 is 9.63 Å². The summed E-state index contributed by atoms with van der Waals surface area (Å²) in [6.45, 7) is 2.68. The summed E-state index contributed by atoms with van der Waals surface area (Å²) in [4.78, 5) is 16.5. The monoisotopic (exact) mass is 339 g/mol. The van der Waals surface area contributed by atoms with Gasteiger partial charge in [-0.05, 0) is 43.4 Å². The van der Waals surface area contributed by atoms with Gasteiger partial charge in [-0.1, -0.05) is 0 Å². The van der Waals surface area contributed by atoms with Gasteiger partial charge in [-0.3, -0.25) is 4.79 Å². The van der Waals surface area contributed by atoms with Crippen molar-refractivity contribution in [3.8, 4) is 0 Å². The number of piperazine rings is 1. The molecule has 130 valence electrons. The number of amides is 1. The van der Waals surface area contributed by atoms with Crippen LogP contribution in [0.4, 0.5) is 5.82 Å². The van der Waals surface area contributed by atoms with Crippen LogP contribution in [0.5, 0.6) is 0 Å². The first-order chi connectivity index (χ1) is 12.2. The highest BCUT2D eigenvalue weighted by Crippen LogP contribution is 2.23. The number of aromatic nitrogens is 3. The van der Waals surface area contributed by atoms with Gasteiger partial charge in [0, 0.05) is 32.2 Å². The standard InChI is InChI=1S/C18H21N5O2/c24-18(15-5-3-7-23(25)13-15)22-10-8-21(9-11-22)17-12-14-4-1-2-6-16(14)19-20-17/h3,5,7,12-13H,1-2,4,6,8-11H2. The van der Waals surface area contributed by atoms with Gasteiger partial charge in [0.25, 0.3) is 5.91 Å². The molecule has 0 atom stereocenters. The Labute approximate surface area is 146 Å². The summed E-state index contributed by atoms with van der Waals surface area (Å²) >= 11 is 0. The molecule has 7 heteroatoms. The number of anilines is 1. The summed E-state index contributed by atoms with van der Waals surface area (Å²) in [5.74, 6) is 0.811. The van der Waals surface area contributed by atoms with Gasteiger partial charge in [-0.25, -0.2) is 0 Å². The van der Waals surface area contributed by atoms with Crippen LogP contribution >= 0.6 is 0 Å². The minimum atomic E-state index is -0.0959. The van der Waals surface area contributed by atoms with E-state index in [-0.39, 0.29) is 5.91 Å². The molecule has 0 radical (unpaired) electrons. The fourth-order valence-corrected chi connectivity index (χ4v) is 3.54. The Hall–Kier alpha value is -2.70. The lowest BCUT2D eigenvalue weighted by Gasteiger charge is -2.35. The molecule has 0 bridgehead atoms. The highest BCUT2D eigenvalue weighted by atomic mass is 16.5. The lowest BCUT2D eigenvalue weighted by Crippen LogP contribution is -2.49. The zero-order chi connectivity index (χ0) is 17.2. The minimum Gasteiger partial charge on any atom is -0.619 e. The SMILES string of the molecule is O=C(c1ccc[n+]([O-])c1)N1CCN(c2cc3c(nn2)CCCC3)CC1. The lowest BCUT2D eigenvalue weighted by molar-refractivity contribution is -0.605. The predicted molar refractivity (Wildman–Crippen MR) is 92.2 cm³/mol. The van der Waals surface area contributed by atoms with E-state index < -0.39 is 0 Å². The Balaban J connectivity index is 1.42. The van der Waals surface area contributed by atoms with E-state index in [1.807, 2.05) is 0 Å². The van der Waals surface area contributed by atoms with Crippen molar-refractivity contribution in [3.63, 3.8) is 0 Å². The van der Waals surface area contributed by atoms with E-state index in [1.165, 1.54) is 30.8 Å². The number of pyridine rings is 1. The van der Waals surface area contributed by atoms with Gasteiger partial charge < -0.3 is 15.0 Å². The van der Waals surface area contributed by atoms with Crippen LogP contribution in [0.15, 0.2) is 30.6 Å². The molecule has 2 aliphatic rings. The molecule has 0 unspecified atom stereocenters. The van der Waals surface area contributed by atoms with Crippen molar-refractivity contribution in [2.45, 2.75) is 25.7 Å². The number of hydrogen-bond donors (Lipinski definition) is 0. The lowest BCUT2D eigenvalue weighted by atomic mass is 9.97. The molecule has 1 aliphatic carbocycles. The summed E-state index contributed by atoms with van der Waals surface area (Å²) in [5.41, 5.74) is 2.89. The summed E-state index contributed by atoms with van der Waals surface area (Å²) in [5, 5.41) is 20.1. The van der Waals surface area contributed by atoms with Crippen molar-refractivity contribution in [1.29, 1.82) is 0 Å². The molecule has 0 spiro atoms. The molecule has 7 nitrogen and oxygen atoms in total. The quantitative estimate of drug-likeness (QED) is 0.601. The van der Waals surface area contributed by atoms with Crippen LogP contribution in [0, 0.1) is 5.21 Å². The second-order valence-electron chi connectivity index (χ2n) is 6.61. The van der Waals surface area contributed by atoms with Gasteiger partial charge in [-0.15, -0.1) is 5.10 Å². The fraction of sp³-hybridized carbons (Fsp3) is 0.444. The highest BCUT2D eigenvalue weighted by molar-refractivity contribution is 5.93. The van der Waals surface area contributed by atoms with Gasteiger partial charge in [0.15, 0.2) is 18.2 Å². The largest absolute Gasteiger partial charge is 0.619 e. The first-order valence-corrected chi connectivity index (χ1v) is 8.79. The molecule has 1 saturated heterocycles. The summed E-state index contributed by atoms with van der Waals surface area (Å²) in [6.07, 6.45) is 7.23. The van der Waals surface area contributed by atoms with E-state index >= 15 is 0 Å². The van der Waals surface area contributed by atoms with Crippen molar-refractivity contribution < 1.29 is 9.52 Å². The van der Waals surface area contributed by atoms with Crippen LogP contribution in [0.25, 0.3) is 0 Å². The molecule has 2 aromatic heterocycles. The third kappa shape index (κ3) is 3.26. The molecule has 2 aromatic rings. The molecule has 0 saturated carbocycles. The van der Waals surface area contributed by atoms with E-state index in [4.69, 9.17) is 0 Å². The average molecular weight is 339 g/mol. The Morgan fingerprint density at radius 2 is 1.92 bits per heavy atom. The molecule has 4 rings (SSSR count). The van der Waals surface area contributed by atoms with Crippen molar-refractivity contribution in [3.05, 3.63) is 52.6 Å². The van der Waals surface area contributed by atoms with Gasteiger partial charge in [-0.2, -0.15) is 9.83 Å². The van der Waals surface area contributed by atoms with Gasteiger partial charge in [0.05, 0.1) is 5.69 Å². The topological polar surface area (TPSA) is 76.3 Å². The highest BCUT2D eigenvalue weighted by Gasteiger charge is 2.25. The van der Waals surface area contributed by atoms with Crippen molar-refractivity contribution in [2.75, 3.05) is 31.1 Å². The third-order valence-corrected chi connectivity index (χ3v) is 4.97. The minimum absolute atomic E-state index is 0.0959. The molecule has 1 amide bonds. The summed E-state index contributed by atoms with van der Waals surface area (Å²) in [7, 11) is 0. The number of rotatable bonds is 2. The molecular weight excluding hydrogens is 318 g/mol. The Bertz CT molecular complexity index is 787. The maximum absolute atomic E-state index is 12.5. The van der Waals surface area contributed by atoms with Crippen LogP contribution in [0.2, 0.25) is 0 Å². The number of nitrogens with zero attached hydrogens (tertiary/aromatic N) is 5. The van der Waals surface area contributed by atoms with Gasteiger partial charge in [0.1, 0.15) is 5.56 Å². The van der Waals surface area contributed by atoms with E-state index in [1.54, 1.807) is 17.0 Å². The van der Waals surface area contributed by atoms with Crippen LogP contribution in [-0.4, -0.2) is 47.2 Å². The van der Waals surface area contributed by atoms with E-state index in [2.05, 4.69) is 21.2 Å². The predicted octanol–water partition coefficient (Wildman–Crippen LogP) is 0.951. The molecular formula is C18H21N5O2. The second-order valence-corrected chi connectivity index (χ2v) is 6.61. The van der Waals surface area contributed by atoms with Crippen LogP contribution in [0.3, 0.4) is 0 Å². The molecule has 1 fully saturated rings. The van der Waals surface area contributed by atoms with Gasteiger partial charge in [0.2, 0.25) is 0 Å². The average Bonchev–Trinajstić information content (AvgIpc) is 2.67. The Kier molecular flexibility index (Phi) is 4.21. The first-order valence-electron chi connectivity index (χ1n) is 8.79. The number of fused-ring (bicyclic) bond motifs is 1. The summed E-state index contributed by atoms with van der Waals surface area (Å²) in [6, 6.07) is 5.44. The van der Waals surface area contributed by atoms with Crippen LogP contribution in [-0.2, 0) is 12.8 Å². The molecule has 25 heavy (non-hydrogen) atoms.